The van der Waals surface area contributed by atoms with Crippen LogP contribution in [0.2, 0.25) is 0 Å². The fourth-order valence-electron chi connectivity index (χ4n) is 2.77. The smallest absolute Gasteiger partial charge is 0.263 e. The summed E-state index contributed by atoms with van der Waals surface area (Å²) in [5, 5.41) is 0. The fraction of sp³-hybridized carbons (Fsp3) is 0.500. The van der Waals surface area contributed by atoms with E-state index in [0.717, 1.165) is 32.4 Å². The van der Waals surface area contributed by atoms with Crippen LogP contribution in [-0.2, 0) is 14.8 Å². The summed E-state index contributed by atoms with van der Waals surface area (Å²) in [6.45, 7) is 3.61. The number of nitrogens with zero attached hydrogens (tertiary/aromatic N) is 2. The topological polar surface area (TPSA) is 78.8 Å². The van der Waals surface area contributed by atoms with Gasteiger partial charge in [0.05, 0.1) is 4.90 Å². The lowest BCUT2D eigenvalue weighted by molar-refractivity contribution is -0.136. The molecule has 0 saturated carbocycles. The molecular weight excluding hydrogens is 314 g/mol. The van der Waals surface area contributed by atoms with E-state index in [0.29, 0.717) is 12.0 Å². The van der Waals surface area contributed by atoms with Gasteiger partial charge in [0, 0.05) is 18.7 Å². The number of unbranched alkanes of at least 4 members (excludes halogenated alkanes) is 1. The van der Waals surface area contributed by atoms with Crippen molar-refractivity contribution in [1.29, 1.82) is 0 Å². The quantitative estimate of drug-likeness (QED) is 0.886. The molecule has 1 atom stereocenters. The molecule has 1 aromatic carbocycles. The first kappa shape index (κ1) is 16.0. The molecule has 1 N–H and O–H groups in total. The highest BCUT2D eigenvalue weighted by molar-refractivity contribution is 7.90. The second-order valence-electron chi connectivity index (χ2n) is 5.92. The van der Waals surface area contributed by atoms with Gasteiger partial charge in [0.15, 0.2) is 0 Å². The lowest BCUT2D eigenvalue weighted by Crippen LogP contribution is -2.47. The molecule has 6 nitrogen and oxygen atoms in total. The number of aliphatic imine (C=N–C) groups is 1. The monoisotopic (exact) mass is 335 g/mol. The van der Waals surface area contributed by atoms with Gasteiger partial charge in [-0.3, -0.25) is 14.5 Å². The van der Waals surface area contributed by atoms with Crippen LogP contribution >= 0.6 is 0 Å². The van der Waals surface area contributed by atoms with E-state index in [2.05, 4.69) is 16.6 Å². The van der Waals surface area contributed by atoms with Crippen molar-refractivity contribution in [2.75, 3.05) is 13.1 Å². The highest BCUT2D eigenvalue weighted by Gasteiger charge is 2.33. The minimum atomic E-state index is -3.56. The van der Waals surface area contributed by atoms with Gasteiger partial charge in [0.2, 0.25) is 5.91 Å². The number of nitrogens with one attached hydrogen (secondary N) is 1. The molecule has 1 fully saturated rings. The maximum Gasteiger partial charge on any atom is 0.263 e. The maximum absolute atomic E-state index is 12.5. The third-order valence-electron chi connectivity index (χ3n) is 4.23. The summed E-state index contributed by atoms with van der Waals surface area (Å²) >= 11 is 0. The van der Waals surface area contributed by atoms with Crippen LogP contribution in [0.3, 0.4) is 0 Å². The number of rotatable bonds is 5. The summed E-state index contributed by atoms with van der Waals surface area (Å²) in [5.74, 6) is 0.288. The summed E-state index contributed by atoms with van der Waals surface area (Å²) in [6, 6.07) is 6.21. The van der Waals surface area contributed by atoms with Gasteiger partial charge in [0.25, 0.3) is 10.0 Å². The molecule has 23 heavy (non-hydrogen) atoms. The fourth-order valence-corrected chi connectivity index (χ4v) is 4.01. The molecule has 2 aliphatic rings. The minimum absolute atomic E-state index is 0.000721. The average molecular weight is 335 g/mol. The van der Waals surface area contributed by atoms with Crippen LogP contribution in [0.5, 0.6) is 0 Å². The Bertz CT molecular complexity index is 739. The average Bonchev–Trinajstić information content (AvgIpc) is 2.73. The number of hydrogen-bond acceptors (Lipinski definition) is 4. The van der Waals surface area contributed by atoms with E-state index in [4.69, 9.17) is 0 Å². The molecule has 1 amide bonds. The van der Waals surface area contributed by atoms with Gasteiger partial charge in [-0.05, 0) is 25.0 Å². The van der Waals surface area contributed by atoms with E-state index in [1.165, 1.54) is 0 Å². The molecule has 0 bridgehead atoms. The van der Waals surface area contributed by atoms with Crippen molar-refractivity contribution in [3.63, 3.8) is 0 Å². The Morgan fingerprint density at radius 1 is 1.35 bits per heavy atom. The molecule has 7 heteroatoms. The Balaban J connectivity index is 1.92. The van der Waals surface area contributed by atoms with E-state index >= 15 is 0 Å². The number of amidine groups is 1. The molecule has 2 heterocycles. The normalized spacial score (nSPS) is 21.4. The van der Waals surface area contributed by atoms with Crippen molar-refractivity contribution in [3.8, 4) is 0 Å². The van der Waals surface area contributed by atoms with E-state index < -0.39 is 16.1 Å². The Labute approximate surface area is 136 Å². The molecule has 0 aliphatic carbocycles. The van der Waals surface area contributed by atoms with Crippen LogP contribution < -0.4 is 4.72 Å². The molecule has 0 spiro atoms. The Morgan fingerprint density at radius 2 is 2.09 bits per heavy atom. The second kappa shape index (κ2) is 6.31. The first-order chi connectivity index (χ1) is 11.0. The van der Waals surface area contributed by atoms with E-state index in [9.17, 15) is 13.2 Å². The Hall–Kier alpha value is -1.89. The molecular formula is C16H21N3O3S. The molecule has 2 aliphatic heterocycles. The molecule has 124 valence electrons. The van der Waals surface area contributed by atoms with Gasteiger partial charge in [-0.2, -0.15) is 0 Å². The summed E-state index contributed by atoms with van der Waals surface area (Å²) in [5.41, 5.74) is 0.547. The summed E-state index contributed by atoms with van der Waals surface area (Å²) in [6.07, 6.45) is 3.52. The van der Waals surface area contributed by atoms with Gasteiger partial charge < -0.3 is 4.90 Å². The number of amides is 1. The van der Waals surface area contributed by atoms with Crippen LogP contribution in [0.4, 0.5) is 0 Å². The van der Waals surface area contributed by atoms with Crippen molar-refractivity contribution in [3.05, 3.63) is 29.8 Å². The Kier molecular flexibility index (Phi) is 4.39. The SMILES string of the molecule is CCCCC(N=C1NS(=O)(=O)c2ccccc21)C(=O)N1CCC1. The van der Waals surface area contributed by atoms with Crippen LogP contribution in [-0.4, -0.2) is 44.2 Å². The Morgan fingerprint density at radius 3 is 2.74 bits per heavy atom. The van der Waals surface area contributed by atoms with Crippen molar-refractivity contribution >= 4 is 21.8 Å². The minimum Gasteiger partial charge on any atom is -0.341 e. The second-order valence-corrected chi connectivity index (χ2v) is 7.57. The standard InChI is InChI=1S/C16H21N3O3S/c1-2-3-8-13(16(20)19-10-6-11-19)17-15-12-7-4-5-9-14(12)23(21,22)18-15/h4-5,7,9,13H,2-3,6,8,10-11H2,1H3,(H,17,18). The third kappa shape index (κ3) is 3.10. The summed E-state index contributed by atoms with van der Waals surface area (Å²) in [4.78, 5) is 19.0. The van der Waals surface area contributed by atoms with E-state index in [1.807, 2.05) is 0 Å². The van der Waals surface area contributed by atoms with Crippen molar-refractivity contribution in [2.45, 2.75) is 43.5 Å². The lowest BCUT2D eigenvalue weighted by atomic mass is 10.1. The van der Waals surface area contributed by atoms with Crippen LogP contribution in [0.25, 0.3) is 0 Å². The zero-order chi connectivity index (χ0) is 16.4. The predicted molar refractivity (Wildman–Crippen MR) is 87.8 cm³/mol. The van der Waals surface area contributed by atoms with E-state index in [1.54, 1.807) is 29.2 Å². The summed E-state index contributed by atoms with van der Waals surface area (Å²) < 4.78 is 26.8. The summed E-state index contributed by atoms with van der Waals surface area (Å²) in [7, 11) is -3.56. The highest BCUT2D eigenvalue weighted by Crippen LogP contribution is 2.24. The van der Waals surface area contributed by atoms with Crippen molar-refractivity contribution < 1.29 is 13.2 Å². The van der Waals surface area contributed by atoms with Crippen molar-refractivity contribution in [1.82, 2.24) is 9.62 Å². The van der Waals surface area contributed by atoms with Crippen LogP contribution in [0.1, 0.15) is 38.2 Å². The number of hydrogen-bond donors (Lipinski definition) is 1. The zero-order valence-electron chi connectivity index (χ0n) is 13.2. The van der Waals surface area contributed by atoms with Crippen molar-refractivity contribution in [2.24, 2.45) is 4.99 Å². The number of carbonyl (C=O) groups is 1. The largest absolute Gasteiger partial charge is 0.341 e. The first-order valence-electron chi connectivity index (χ1n) is 8.01. The van der Waals surface area contributed by atoms with Gasteiger partial charge in [-0.1, -0.05) is 31.9 Å². The molecule has 0 radical (unpaired) electrons. The first-order valence-corrected chi connectivity index (χ1v) is 9.50. The highest BCUT2D eigenvalue weighted by atomic mass is 32.2. The zero-order valence-corrected chi connectivity index (χ0v) is 14.0. The molecule has 1 aromatic rings. The molecule has 3 rings (SSSR count). The number of fused-ring (bicyclic) bond motifs is 1. The van der Waals surface area contributed by atoms with Gasteiger partial charge >= 0.3 is 0 Å². The molecule has 1 saturated heterocycles. The number of likely N-dealkylation sites (tertiary alicyclic amines) is 1. The van der Waals surface area contributed by atoms with Crippen LogP contribution in [0, 0.1) is 0 Å². The molecule has 0 aromatic heterocycles. The maximum atomic E-state index is 12.5. The van der Waals surface area contributed by atoms with E-state index in [-0.39, 0.29) is 16.6 Å². The molecule has 1 unspecified atom stereocenters. The van der Waals surface area contributed by atoms with Gasteiger partial charge in [-0.25, -0.2) is 8.42 Å². The van der Waals surface area contributed by atoms with Crippen LogP contribution in [0.15, 0.2) is 34.2 Å². The number of sulfonamides is 1. The third-order valence-corrected chi connectivity index (χ3v) is 5.63. The van der Waals surface area contributed by atoms with Gasteiger partial charge in [0.1, 0.15) is 11.9 Å². The number of carbonyl (C=O) groups excluding carboxylic acids is 1. The predicted octanol–water partition coefficient (Wildman–Crippen LogP) is 1.52. The number of benzene rings is 1. The van der Waals surface area contributed by atoms with Gasteiger partial charge in [-0.15, -0.1) is 0 Å². The lowest BCUT2D eigenvalue weighted by Gasteiger charge is -2.33.